The molecule has 0 spiro atoms. The Balaban J connectivity index is 1.63. The Kier molecular flexibility index (Phi) is 5.94. The van der Waals surface area contributed by atoms with Crippen molar-refractivity contribution in [3.05, 3.63) is 71.8 Å². The van der Waals surface area contributed by atoms with Crippen LogP contribution in [0.25, 0.3) is 5.69 Å². The Morgan fingerprint density at radius 1 is 1.11 bits per heavy atom. The summed E-state index contributed by atoms with van der Waals surface area (Å²) < 4.78 is 26.7. The molecule has 1 unspecified atom stereocenters. The van der Waals surface area contributed by atoms with E-state index in [1.165, 1.54) is 6.33 Å². The minimum absolute atomic E-state index is 0.0481. The molecule has 0 fully saturated rings. The van der Waals surface area contributed by atoms with Crippen molar-refractivity contribution in [3.63, 3.8) is 0 Å². The van der Waals surface area contributed by atoms with Gasteiger partial charge in [-0.15, -0.1) is 0 Å². The average Bonchev–Trinajstić information content (AvgIpc) is 3.21. The third-order valence-electron chi connectivity index (χ3n) is 4.61. The van der Waals surface area contributed by atoms with E-state index in [0.29, 0.717) is 16.5 Å². The zero-order valence-electron chi connectivity index (χ0n) is 15.2. The van der Waals surface area contributed by atoms with Gasteiger partial charge in [0.1, 0.15) is 12.7 Å². The Labute approximate surface area is 164 Å². The first-order chi connectivity index (χ1) is 12.9. The molecule has 3 rings (SSSR count). The minimum Gasteiger partial charge on any atom is -0.299 e. The first-order valence-electron chi connectivity index (χ1n) is 8.50. The van der Waals surface area contributed by atoms with Gasteiger partial charge in [0, 0.05) is 17.6 Å². The molecule has 0 aliphatic heterocycles. The summed E-state index contributed by atoms with van der Waals surface area (Å²) in [6, 6.07) is 14.3. The third-order valence-corrected chi connectivity index (χ3v) is 6.57. The molecule has 1 aromatic heterocycles. The lowest BCUT2D eigenvalue weighted by atomic mass is 10.1. The lowest BCUT2D eigenvalue weighted by Crippen LogP contribution is -2.28. The number of halogens is 1. The van der Waals surface area contributed by atoms with Crippen molar-refractivity contribution in [2.24, 2.45) is 0 Å². The first kappa shape index (κ1) is 19.5. The summed E-state index contributed by atoms with van der Waals surface area (Å²) >= 11 is 5.83. The number of nitrogens with zero attached hydrogens (tertiary/aromatic N) is 4. The Bertz CT molecular complexity index is 972. The molecule has 0 aliphatic rings. The maximum atomic E-state index is 12.5. The summed E-state index contributed by atoms with van der Waals surface area (Å²) in [5.41, 5.74) is 2.03. The molecular weight excluding hydrogens is 384 g/mol. The number of hydrogen-bond acceptors (Lipinski definition) is 5. The van der Waals surface area contributed by atoms with Gasteiger partial charge in [-0.05, 0) is 55.9 Å². The van der Waals surface area contributed by atoms with E-state index in [9.17, 15) is 8.42 Å². The second-order valence-corrected chi connectivity index (χ2v) is 8.91. The summed E-state index contributed by atoms with van der Waals surface area (Å²) in [5, 5.41) is 4.63. The van der Waals surface area contributed by atoms with Gasteiger partial charge in [-0.2, -0.15) is 5.10 Å². The molecule has 1 atom stereocenters. The van der Waals surface area contributed by atoms with Crippen LogP contribution in [-0.4, -0.2) is 47.4 Å². The van der Waals surface area contributed by atoms with E-state index in [4.69, 9.17) is 11.6 Å². The lowest BCUT2D eigenvalue weighted by Gasteiger charge is -2.25. The number of rotatable bonds is 7. The molecule has 2 aromatic carbocycles. The van der Waals surface area contributed by atoms with Crippen molar-refractivity contribution in [2.45, 2.75) is 17.9 Å². The fourth-order valence-electron chi connectivity index (χ4n) is 2.72. The van der Waals surface area contributed by atoms with Crippen LogP contribution in [0, 0.1) is 0 Å². The molecule has 0 saturated heterocycles. The van der Waals surface area contributed by atoms with Gasteiger partial charge in [0.2, 0.25) is 0 Å². The van der Waals surface area contributed by atoms with Gasteiger partial charge in [-0.25, -0.2) is 18.1 Å². The molecule has 27 heavy (non-hydrogen) atoms. The predicted octanol–water partition coefficient (Wildman–Crippen LogP) is 3.39. The van der Waals surface area contributed by atoms with Crippen molar-refractivity contribution in [3.8, 4) is 5.69 Å². The van der Waals surface area contributed by atoms with Crippen molar-refractivity contribution < 1.29 is 8.42 Å². The molecule has 142 valence electrons. The smallest absolute Gasteiger partial charge is 0.179 e. The quantitative estimate of drug-likeness (QED) is 0.603. The molecule has 0 saturated carbocycles. The SMILES string of the molecule is CC(c1ccc(-n2cncn2)cc1)N(C)CCS(=O)(=O)c1ccc(Cl)cc1. The topological polar surface area (TPSA) is 68.1 Å². The molecular formula is C19H21ClN4O2S. The zero-order valence-corrected chi connectivity index (χ0v) is 16.7. The highest BCUT2D eigenvalue weighted by molar-refractivity contribution is 7.91. The van der Waals surface area contributed by atoms with Crippen LogP contribution in [0.15, 0.2) is 66.1 Å². The molecule has 0 amide bonds. The minimum atomic E-state index is -3.34. The Morgan fingerprint density at radius 2 is 1.78 bits per heavy atom. The van der Waals surface area contributed by atoms with Crippen LogP contribution < -0.4 is 0 Å². The standard InChI is InChI=1S/C19H21ClN4O2S/c1-15(16-3-7-18(8-4-16)24-14-21-13-22-24)23(2)11-12-27(25,26)19-9-5-17(20)6-10-19/h3-10,13-15H,11-12H2,1-2H3. The van der Waals surface area contributed by atoms with Crippen LogP contribution in [0.1, 0.15) is 18.5 Å². The second-order valence-electron chi connectivity index (χ2n) is 6.36. The normalized spacial score (nSPS) is 13.0. The Morgan fingerprint density at radius 3 is 2.37 bits per heavy atom. The molecule has 1 heterocycles. The maximum Gasteiger partial charge on any atom is 0.179 e. The largest absolute Gasteiger partial charge is 0.299 e. The van der Waals surface area contributed by atoms with Gasteiger partial charge in [-0.1, -0.05) is 23.7 Å². The monoisotopic (exact) mass is 404 g/mol. The van der Waals surface area contributed by atoms with Gasteiger partial charge >= 0.3 is 0 Å². The summed E-state index contributed by atoms with van der Waals surface area (Å²) in [4.78, 5) is 6.26. The van der Waals surface area contributed by atoms with Crippen LogP contribution in [0.3, 0.4) is 0 Å². The van der Waals surface area contributed by atoms with Crippen molar-refractivity contribution in [1.82, 2.24) is 19.7 Å². The van der Waals surface area contributed by atoms with E-state index in [0.717, 1.165) is 11.3 Å². The van der Waals surface area contributed by atoms with Crippen molar-refractivity contribution in [2.75, 3.05) is 19.3 Å². The van der Waals surface area contributed by atoms with Gasteiger partial charge in [0.25, 0.3) is 0 Å². The van der Waals surface area contributed by atoms with Crippen LogP contribution in [0.5, 0.6) is 0 Å². The van der Waals surface area contributed by atoms with E-state index in [2.05, 4.69) is 17.0 Å². The van der Waals surface area contributed by atoms with Gasteiger partial charge in [0.05, 0.1) is 16.3 Å². The fourth-order valence-corrected chi connectivity index (χ4v) is 4.16. The van der Waals surface area contributed by atoms with Crippen LogP contribution in [-0.2, 0) is 9.84 Å². The first-order valence-corrected chi connectivity index (χ1v) is 10.5. The fraction of sp³-hybridized carbons (Fsp3) is 0.263. The van der Waals surface area contributed by atoms with E-state index in [1.54, 1.807) is 35.3 Å². The highest BCUT2D eigenvalue weighted by Crippen LogP contribution is 2.21. The van der Waals surface area contributed by atoms with E-state index in [-0.39, 0.29) is 11.8 Å². The van der Waals surface area contributed by atoms with Gasteiger partial charge in [0.15, 0.2) is 9.84 Å². The van der Waals surface area contributed by atoms with Gasteiger partial charge < -0.3 is 0 Å². The molecule has 0 radical (unpaired) electrons. The van der Waals surface area contributed by atoms with Crippen LogP contribution in [0.4, 0.5) is 0 Å². The average molecular weight is 405 g/mol. The summed E-state index contributed by atoms with van der Waals surface area (Å²) in [6.45, 7) is 2.48. The summed E-state index contributed by atoms with van der Waals surface area (Å²) in [6.07, 6.45) is 3.14. The van der Waals surface area contributed by atoms with E-state index < -0.39 is 9.84 Å². The molecule has 6 nitrogen and oxygen atoms in total. The van der Waals surface area contributed by atoms with Crippen molar-refractivity contribution >= 4 is 21.4 Å². The van der Waals surface area contributed by atoms with E-state index in [1.807, 2.05) is 36.2 Å². The highest BCUT2D eigenvalue weighted by Gasteiger charge is 2.18. The predicted molar refractivity (Wildman–Crippen MR) is 106 cm³/mol. The maximum absolute atomic E-state index is 12.5. The molecule has 0 N–H and O–H groups in total. The van der Waals surface area contributed by atoms with Crippen LogP contribution >= 0.6 is 11.6 Å². The molecule has 8 heteroatoms. The summed E-state index contributed by atoms with van der Waals surface area (Å²) in [7, 11) is -1.42. The number of benzene rings is 2. The molecule has 0 aliphatic carbocycles. The summed E-state index contributed by atoms with van der Waals surface area (Å²) in [5.74, 6) is 0.0481. The third kappa shape index (κ3) is 4.74. The second kappa shape index (κ2) is 8.21. The molecule has 3 aromatic rings. The molecule has 0 bridgehead atoms. The van der Waals surface area contributed by atoms with Crippen LogP contribution in [0.2, 0.25) is 5.02 Å². The van der Waals surface area contributed by atoms with E-state index >= 15 is 0 Å². The zero-order chi connectivity index (χ0) is 19.4. The number of hydrogen-bond donors (Lipinski definition) is 0. The number of sulfone groups is 1. The number of aromatic nitrogens is 3. The van der Waals surface area contributed by atoms with Crippen molar-refractivity contribution in [1.29, 1.82) is 0 Å². The lowest BCUT2D eigenvalue weighted by molar-refractivity contribution is 0.276. The van der Waals surface area contributed by atoms with Gasteiger partial charge in [-0.3, -0.25) is 4.90 Å². The Hall–Kier alpha value is -2.22. The highest BCUT2D eigenvalue weighted by atomic mass is 35.5.